The van der Waals surface area contributed by atoms with Crippen LogP contribution in [0.3, 0.4) is 0 Å². The molecular formula is C13H19BrN2OS. The lowest BCUT2D eigenvalue weighted by Crippen LogP contribution is -2.41. The van der Waals surface area contributed by atoms with E-state index in [2.05, 4.69) is 21.2 Å². The first-order valence-electron chi connectivity index (χ1n) is 6.37. The molecule has 1 heterocycles. The van der Waals surface area contributed by atoms with E-state index in [0.29, 0.717) is 12.5 Å². The maximum absolute atomic E-state index is 12.2. The number of nitrogens with two attached hydrogens (primary N) is 1. The van der Waals surface area contributed by atoms with Crippen molar-refractivity contribution in [1.82, 2.24) is 5.32 Å². The number of nitrogens with one attached hydrogen (secondary N) is 1. The summed E-state index contributed by atoms with van der Waals surface area (Å²) < 4.78 is 1.07. The van der Waals surface area contributed by atoms with Crippen LogP contribution in [0.4, 0.5) is 0 Å². The topological polar surface area (TPSA) is 55.1 Å². The fourth-order valence-electron chi connectivity index (χ4n) is 2.51. The minimum Gasteiger partial charge on any atom is -0.352 e. The summed E-state index contributed by atoms with van der Waals surface area (Å²) in [6.07, 6.45) is 3.38. The first-order chi connectivity index (χ1) is 8.61. The molecule has 0 spiro atoms. The van der Waals surface area contributed by atoms with Crippen LogP contribution in [0.2, 0.25) is 0 Å². The van der Waals surface area contributed by atoms with Gasteiger partial charge in [-0.25, -0.2) is 0 Å². The van der Waals surface area contributed by atoms with Gasteiger partial charge >= 0.3 is 0 Å². The van der Waals surface area contributed by atoms with Gasteiger partial charge in [-0.15, -0.1) is 11.3 Å². The van der Waals surface area contributed by atoms with Crippen LogP contribution in [-0.2, 0) is 4.79 Å². The summed E-state index contributed by atoms with van der Waals surface area (Å²) >= 11 is 5.05. The summed E-state index contributed by atoms with van der Waals surface area (Å²) in [5.41, 5.74) is 5.74. The average molecular weight is 331 g/mol. The molecule has 3 N–H and O–H groups in total. The van der Waals surface area contributed by atoms with Gasteiger partial charge in [0.15, 0.2) is 0 Å². The van der Waals surface area contributed by atoms with Gasteiger partial charge in [-0.2, -0.15) is 0 Å². The Balaban J connectivity index is 1.95. The van der Waals surface area contributed by atoms with Gasteiger partial charge in [0.05, 0.1) is 9.70 Å². The lowest BCUT2D eigenvalue weighted by Gasteiger charge is -2.21. The Morgan fingerprint density at radius 3 is 3.00 bits per heavy atom. The summed E-state index contributed by atoms with van der Waals surface area (Å²) in [4.78, 5) is 13.3. The number of carbonyl (C=O) groups is 1. The number of rotatable bonds is 4. The van der Waals surface area contributed by atoms with Crippen molar-refractivity contribution in [1.29, 1.82) is 0 Å². The van der Waals surface area contributed by atoms with Crippen LogP contribution < -0.4 is 11.1 Å². The number of amides is 1. The van der Waals surface area contributed by atoms with Crippen LogP contribution >= 0.6 is 27.3 Å². The second-order valence-corrected chi connectivity index (χ2v) is 7.40. The van der Waals surface area contributed by atoms with Crippen LogP contribution in [0.5, 0.6) is 0 Å². The molecule has 1 aliphatic rings. The lowest BCUT2D eigenvalue weighted by atomic mass is 10.0. The average Bonchev–Trinajstić information content (AvgIpc) is 2.96. The van der Waals surface area contributed by atoms with Gasteiger partial charge in [0.25, 0.3) is 0 Å². The maximum atomic E-state index is 12.2. The normalized spacial score (nSPS) is 25.1. The zero-order valence-corrected chi connectivity index (χ0v) is 12.9. The van der Waals surface area contributed by atoms with E-state index in [1.54, 1.807) is 11.3 Å². The van der Waals surface area contributed by atoms with Crippen molar-refractivity contribution in [2.45, 2.75) is 38.1 Å². The molecule has 5 heteroatoms. The van der Waals surface area contributed by atoms with Crippen LogP contribution in [0.15, 0.2) is 15.9 Å². The Morgan fingerprint density at radius 1 is 1.61 bits per heavy atom. The molecule has 1 saturated carbocycles. The van der Waals surface area contributed by atoms with E-state index in [4.69, 9.17) is 5.73 Å². The van der Waals surface area contributed by atoms with Gasteiger partial charge in [0.2, 0.25) is 5.91 Å². The number of thiophene rings is 1. The molecule has 3 nitrogen and oxygen atoms in total. The molecule has 18 heavy (non-hydrogen) atoms. The van der Waals surface area contributed by atoms with E-state index in [-0.39, 0.29) is 17.9 Å². The van der Waals surface area contributed by atoms with Gasteiger partial charge in [-0.05, 0) is 60.3 Å². The summed E-state index contributed by atoms with van der Waals surface area (Å²) in [6, 6.07) is 4.27. The Hall–Kier alpha value is -0.390. The molecule has 1 fully saturated rings. The third-order valence-electron chi connectivity index (χ3n) is 3.70. The van der Waals surface area contributed by atoms with Crippen molar-refractivity contribution in [2.75, 3.05) is 6.54 Å². The monoisotopic (exact) mass is 330 g/mol. The quantitative estimate of drug-likeness (QED) is 0.891. The van der Waals surface area contributed by atoms with Crippen LogP contribution in [0.25, 0.3) is 0 Å². The van der Waals surface area contributed by atoms with Gasteiger partial charge in [0.1, 0.15) is 0 Å². The molecule has 2 rings (SSSR count). The zero-order valence-electron chi connectivity index (χ0n) is 10.5. The van der Waals surface area contributed by atoms with Gasteiger partial charge in [-0.3, -0.25) is 4.79 Å². The highest BCUT2D eigenvalue weighted by molar-refractivity contribution is 9.11. The molecule has 1 amide bonds. The molecule has 0 bridgehead atoms. The SMILES string of the molecule is CC(C(=O)NC1CCCC1CN)c1ccc(Br)s1. The van der Waals surface area contributed by atoms with Crippen molar-refractivity contribution < 1.29 is 4.79 Å². The maximum Gasteiger partial charge on any atom is 0.228 e. The van der Waals surface area contributed by atoms with E-state index >= 15 is 0 Å². The minimum atomic E-state index is -0.0830. The van der Waals surface area contributed by atoms with Crippen molar-refractivity contribution >= 4 is 33.2 Å². The van der Waals surface area contributed by atoms with E-state index in [1.807, 2.05) is 19.1 Å². The summed E-state index contributed by atoms with van der Waals surface area (Å²) in [5.74, 6) is 0.492. The smallest absolute Gasteiger partial charge is 0.228 e. The molecule has 100 valence electrons. The summed E-state index contributed by atoms with van der Waals surface area (Å²) in [7, 11) is 0. The summed E-state index contributed by atoms with van der Waals surface area (Å²) in [5, 5.41) is 3.16. The highest BCUT2D eigenvalue weighted by Crippen LogP contribution is 2.30. The van der Waals surface area contributed by atoms with Gasteiger partial charge in [-0.1, -0.05) is 6.42 Å². The van der Waals surface area contributed by atoms with Crippen molar-refractivity contribution in [2.24, 2.45) is 11.7 Å². The van der Waals surface area contributed by atoms with Gasteiger partial charge < -0.3 is 11.1 Å². The third kappa shape index (κ3) is 3.13. The van der Waals surface area contributed by atoms with Crippen molar-refractivity contribution in [3.63, 3.8) is 0 Å². The van der Waals surface area contributed by atoms with Crippen molar-refractivity contribution in [3.8, 4) is 0 Å². The number of hydrogen-bond acceptors (Lipinski definition) is 3. The third-order valence-corrected chi connectivity index (χ3v) is 5.51. The van der Waals surface area contributed by atoms with Crippen LogP contribution in [-0.4, -0.2) is 18.5 Å². The minimum absolute atomic E-state index is 0.0830. The van der Waals surface area contributed by atoms with E-state index in [9.17, 15) is 4.79 Å². The standard InChI is InChI=1S/C13H19BrN2OS/c1-8(11-5-6-12(14)18-11)13(17)16-10-4-2-3-9(10)7-15/h5-6,8-10H,2-4,7,15H2,1H3,(H,16,17). The fraction of sp³-hybridized carbons (Fsp3) is 0.615. The Bertz CT molecular complexity index is 421. The molecule has 1 aromatic heterocycles. The fourth-order valence-corrected chi connectivity index (χ4v) is 3.98. The predicted octanol–water partition coefficient (Wildman–Crippen LogP) is 2.86. The first-order valence-corrected chi connectivity index (χ1v) is 7.98. The molecular weight excluding hydrogens is 312 g/mol. The first kappa shape index (κ1) is 14.0. The molecule has 0 radical (unpaired) electrons. The highest BCUT2D eigenvalue weighted by Gasteiger charge is 2.29. The Morgan fingerprint density at radius 2 is 2.39 bits per heavy atom. The van der Waals surface area contributed by atoms with Crippen molar-refractivity contribution in [3.05, 3.63) is 20.8 Å². The Kier molecular flexibility index (Phi) is 4.81. The predicted molar refractivity (Wildman–Crippen MR) is 78.8 cm³/mol. The number of hydrogen-bond donors (Lipinski definition) is 2. The molecule has 0 aliphatic heterocycles. The summed E-state index contributed by atoms with van der Waals surface area (Å²) in [6.45, 7) is 2.63. The lowest BCUT2D eigenvalue weighted by molar-refractivity contribution is -0.123. The molecule has 1 aliphatic carbocycles. The van der Waals surface area contributed by atoms with E-state index in [1.165, 1.54) is 6.42 Å². The second kappa shape index (κ2) is 6.17. The second-order valence-electron chi connectivity index (χ2n) is 4.91. The molecule has 1 aromatic rings. The Labute approximate surface area is 120 Å². The highest BCUT2D eigenvalue weighted by atomic mass is 79.9. The largest absolute Gasteiger partial charge is 0.352 e. The number of halogens is 1. The van der Waals surface area contributed by atoms with Crippen LogP contribution in [0, 0.1) is 5.92 Å². The molecule has 3 atom stereocenters. The zero-order chi connectivity index (χ0) is 13.1. The molecule has 0 aromatic carbocycles. The molecule has 0 saturated heterocycles. The van der Waals surface area contributed by atoms with E-state index in [0.717, 1.165) is 21.5 Å². The van der Waals surface area contributed by atoms with Crippen LogP contribution in [0.1, 0.15) is 37.0 Å². The number of carbonyl (C=O) groups excluding carboxylic acids is 1. The van der Waals surface area contributed by atoms with E-state index < -0.39 is 0 Å². The van der Waals surface area contributed by atoms with Gasteiger partial charge in [0, 0.05) is 10.9 Å². The molecule has 3 unspecified atom stereocenters.